The van der Waals surface area contributed by atoms with Gasteiger partial charge in [-0.2, -0.15) is 0 Å². The number of anilines is 2. The Bertz CT molecular complexity index is 1170. The number of rotatable bonds is 17. The molecule has 5 atom stereocenters. The molecule has 2 amide bonds. The van der Waals surface area contributed by atoms with E-state index in [2.05, 4.69) is 31.9 Å². The molecule has 4 rings (SSSR count). The molecule has 3 aliphatic rings. The maximum atomic E-state index is 14.7. The van der Waals surface area contributed by atoms with Crippen molar-refractivity contribution in [3.63, 3.8) is 0 Å². The first-order valence-electron chi connectivity index (χ1n) is 15.9. The van der Waals surface area contributed by atoms with Crippen molar-refractivity contribution in [2.75, 3.05) is 49.2 Å². The summed E-state index contributed by atoms with van der Waals surface area (Å²) in [7, 11) is 0. The molecule has 1 aromatic carbocycles. The zero-order chi connectivity index (χ0) is 31.2. The predicted octanol–water partition coefficient (Wildman–Crippen LogP) is 4.49. The van der Waals surface area contributed by atoms with E-state index in [9.17, 15) is 19.5 Å². The first-order valence-corrected chi connectivity index (χ1v) is 15.9. The minimum absolute atomic E-state index is 0.126. The monoisotopic (exact) mass is 595 g/mol. The number of carbonyl (C=O) groups excluding carboxylic acids is 3. The molecule has 0 aromatic heterocycles. The third kappa shape index (κ3) is 6.11. The summed E-state index contributed by atoms with van der Waals surface area (Å²) in [6.45, 7) is 16.4. The zero-order valence-electron chi connectivity index (χ0n) is 26.1. The number of hydrogen-bond acceptors (Lipinski definition) is 7. The molecule has 0 radical (unpaired) electrons. The molecule has 2 unspecified atom stereocenters. The fraction of sp³-hybridized carbons (Fsp3) is 0.618. The lowest BCUT2D eigenvalue weighted by molar-refractivity contribution is -0.159. The van der Waals surface area contributed by atoms with E-state index in [0.29, 0.717) is 38.6 Å². The van der Waals surface area contributed by atoms with Gasteiger partial charge in [0.1, 0.15) is 17.6 Å². The molecule has 236 valence electrons. The van der Waals surface area contributed by atoms with E-state index in [-0.39, 0.29) is 31.6 Å². The lowest BCUT2D eigenvalue weighted by Gasteiger charge is -2.37. The Morgan fingerprint density at radius 3 is 2.37 bits per heavy atom. The summed E-state index contributed by atoms with van der Waals surface area (Å²) >= 11 is 0. The van der Waals surface area contributed by atoms with E-state index in [4.69, 9.17) is 9.47 Å². The van der Waals surface area contributed by atoms with Crippen LogP contribution in [0.4, 0.5) is 11.4 Å². The fourth-order valence-corrected chi connectivity index (χ4v) is 7.41. The van der Waals surface area contributed by atoms with Crippen LogP contribution < -0.4 is 9.80 Å². The minimum atomic E-state index is -1.11. The average molecular weight is 596 g/mol. The Hall–Kier alpha value is -3.17. The van der Waals surface area contributed by atoms with Crippen LogP contribution in [0.5, 0.6) is 0 Å². The smallest absolute Gasteiger partial charge is 0.312 e. The molecule has 9 heteroatoms. The standard InChI is InChI=1S/C34H49N3O6/c1-6-10-24-42-32(41)28-27-30(39)37(22-13-11-12-14-23-38)29(34(27)20-19-33(28,5)43-34)31(40)36(21-7-2)26-17-15-25(16-18-26)35(8-3)9-4/h6-7,15-18,27-29,38H,1-2,8-14,19-24H2,3-5H3/t27-,28+,29?,33-,34?/m0/s1. The van der Waals surface area contributed by atoms with Crippen LogP contribution >= 0.6 is 0 Å². The summed E-state index contributed by atoms with van der Waals surface area (Å²) in [6, 6.07) is 7.03. The Balaban J connectivity index is 1.70. The van der Waals surface area contributed by atoms with Crippen LogP contribution in [0.15, 0.2) is 49.6 Å². The molecule has 1 spiro atoms. The van der Waals surface area contributed by atoms with Gasteiger partial charge >= 0.3 is 5.97 Å². The van der Waals surface area contributed by atoms with Crippen LogP contribution in [0.1, 0.15) is 65.7 Å². The Labute approximate surface area is 256 Å². The Kier molecular flexibility index (Phi) is 10.7. The minimum Gasteiger partial charge on any atom is -0.465 e. The van der Waals surface area contributed by atoms with Gasteiger partial charge in [-0.25, -0.2) is 0 Å². The number of fused-ring (bicyclic) bond motifs is 1. The normalized spacial score (nSPS) is 27.2. The third-order valence-corrected chi connectivity index (χ3v) is 9.51. The molecule has 3 fully saturated rings. The van der Waals surface area contributed by atoms with Crippen molar-refractivity contribution >= 4 is 29.2 Å². The van der Waals surface area contributed by atoms with Gasteiger partial charge in [-0.3, -0.25) is 14.4 Å². The molecule has 3 saturated heterocycles. The van der Waals surface area contributed by atoms with Crippen LogP contribution in [0.3, 0.4) is 0 Å². The maximum Gasteiger partial charge on any atom is 0.312 e. The van der Waals surface area contributed by atoms with Crippen LogP contribution in [-0.4, -0.2) is 84.4 Å². The molecule has 43 heavy (non-hydrogen) atoms. The number of esters is 1. The molecule has 3 heterocycles. The van der Waals surface area contributed by atoms with Crippen molar-refractivity contribution in [1.29, 1.82) is 0 Å². The number of aliphatic hydroxyl groups is 1. The van der Waals surface area contributed by atoms with Crippen molar-refractivity contribution in [2.45, 2.75) is 83.0 Å². The highest BCUT2D eigenvalue weighted by atomic mass is 16.6. The van der Waals surface area contributed by atoms with Crippen molar-refractivity contribution in [3.8, 4) is 0 Å². The lowest BCUT2D eigenvalue weighted by Crippen LogP contribution is -2.56. The summed E-state index contributed by atoms with van der Waals surface area (Å²) in [4.78, 5) is 48.0. The van der Waals surface area contributed by atoms with Crippen molar-refractivity contribution in [2.24, 2.45) is 11.8 Å². The van der Waals surface area contributed by atoms with Gasteiger partial charge in [-0.05, 0) is 77.1 Å². The summed E-state index contributed by atoms with van der Waals surface area (Å²) in [5.74, 6) is -2.47. The van der Waals surface area contributed by atoms with Gasteiger partial charge in [0.05, 0.1) is 18.1 Å². The van der Waals surface area contributed by atoms with Gasteiger partial charge in [0, 0.05) is 44.2 Å². The Morgan fingerprint density at radius 2 is 1.74 bits per heavy atom. The number of carbonyl (C=O) groups is 3. The first kappa shape index (κ1) is 32.7. The lowest BCUT2D eigenvalue weighted by atomic mass is 9.66. The number of benzene rings is 1. The highest BCUT2D eigenvalue weighted by Gasteiger charge is 2.78. The second-order valence-electron chi connectivity index (χ2n) is 12.1. The summed E-state index contributed by atoms with van der Waals surface area (Å²) in [6.07, 6.45) is 7.99. The quantitative estimate of drug-likeness (QED) is 0.161. The van der Waals surface area contributed by atoms with Gasteiger partial charge in [-0.15, -0.1) is 13.2 Å². The topological polar surface area (TPSA) is 99.6 Å². The van der Waals surface area contributed by atoms with Gasteiger partial charge < -0.3 is 29.3 Å². The second-order valence-corrected chi connectivity index (χ2v) is 12.1. The van der Waals surface area contributed by atoms with E-state index >= 15 is 0 Å². The van der Waals surface area contributed by atoms with Crippen LogP contribution in [-0.2, 0) is 23.9 Å². The number of ether oxygens (including phenoxy) is 2. The van der Waals surface area contributed by atoms with E-state index < -0.39 is 35.0 Å². The highest BCUT2D eigenvalue weighted by Crippen LogP contribution is 2.63. The van der Waals surface area contributed by atoms with Crippen LogP contribution in [0.2, 0.25) is 0 Å². The van der Waals surface area contributed by atoms with Crippen molar-refractivity contribution < 1.29 is 29.0 Å². The number of unbranched alkanes of at least 4 members (excludes halogenated alkanes) is 3. The van der Waals surface area contributed by atoms with E-state index in [1.807, 2.05) is 31.2 Å². The largest absolute Gasteiger partial charge is 0.465 e. The third-order valence-electron chi connectivity index (χ3n) is 9.51. The van der Waals surface area contributed by atoms with Crippen molar-refractivity contribution in [3.05, 3.63) is 49.6 Å². The van der Waals surface area contributed by atoms with E-state index in [1.165, 1.54) is 0 Å². The molecule has 9 nitrogen and oxygen atoms in total. The van der Waals surface area contributed by atoms with Gasteiger partial charge in [-0.1, -0.05) is 25.0 Å². The molecule has 3 aliphatic heterocycles. The van der Waals surface area contributed by atoms with Gasteiger partial charge in [0.15, 0.2) is 0 Å². The first-order chi connectivity index (χ1) is 20.7. The van der Waals surface area contributed by atoms with E-state index in [1.54, 1.807) is 22.0 Å². The van der Waals surface area contributed by atoms with Crippen molar-refractivity contribution in [1.82, 2.24) is 4.90 Å². The number of hydrogen-bond donors (Lipinski definition) is 1. The van der Waals surface area contributed by atoms with Crippen LogP contribution in [0, 0.1) is 11.8 Å². The summed E-state index contributed by atoms with van der Waals surface area (Å²) in [5, 5.41) is 9.20. The number of nitrogens with zero attached hydrogens (tertiary/aromatic N) is 3. The fourth-order valence-electron chi connectivity index (χ4n) is 7.41. The molecule has 1 aromatic rings. The molecular weight excluding hydrogens is 546 g/mol. The zero-order valence-corrected chi connectivity index (χ0v) is 26.1. The second kappa shape index (κ2) is 14.1. The van der Waals surface area contributed by atoms with Gasteiger partial charge in [0.25, 0.3) is 5.91 Å². The number of amides is 2. The van der Waals surface area contributed by atoms with Gasteiger partial charge in [0.2, 0.25) is 5.91 Å². The average Bonchev–Trinajstić information content (AvgIpc) is 3.57. The summed E-state index contributed by atoms with van der Waals surface area (Å²) in [5.41, 5.74) is -0.208. The Morgan fingerprint density at radius 1 is 1.07 bits per heavy atom. The SMILES string of the molecule is C=CCCOC(=O)[C@H]1[C@H]2C(=O)N(CCCCCCO)C(C(=O)N(CC=C)c3ccc(N(CC)CC)cc3)C23CC[C@]1(C)O3. The predicted molar refractivity (Wildman–Crippen MR) is 168 cm³/mol. The molecule has 0 saturated carbocycles. The molecular formula is C34H49N3O6. The molecule has 2 bridgehead atoms. The van der Waals surface area contributed by atoms with E-state index in [0.717, 1.165) is 37.3 Å². The molecule has 0 aliphatic carbocycles. The molecule has 1 N–H and O–H groups in total. The highest BCUT2D eigenvalue weighted by molar-refractivity contribution is 6.05. The number of likely N-dealkylation sites (tertiary alicyclic amines) is 1. The summed E-state index contributed by atoms with van der Waals surface area (Å²) < 4.78 is 12.3. The van der Waals surface area contributed by atoms with Crippen LogP contribution in [0.25, 0.3) is 0 Å². The maximum absolute atomic E-state index is 14.7. The number of aliphatic hydroxyl groups excluding tert-OH is 1.